The van der Waals surface area contributed by atoms with Gasteiger partial charge in [-0.15, -0.1) is 0 Å². The molecule has 0 saturated heterocycles. The maximum atomic E-state index is 4.22. The first kappa shape index (κ1) is 10.2. The van der Waals surface area contributed by atoms with Gasteiger partial charge in [0.1, 0.15) is 0 Å². The van der Waals surface area contributed by atoms with Gasteiger partial charge >= 0.3 is 0 Å². The van der Waals surface area contributed by atoms with Crippen molar-refractivity contribution in [2.24, 2.45) is 0 Å². The van der Waals surface area contributed by atoms with Gasteiger partial charge in [0.25, 0.3) is 0 Å². The average molecular weight is 181 g/mol. The van der Waals surface area contributed by atoms with Gasteiger partial charge < -0.3 is 0 Å². The Bertz CT molecular complexity index is 257. The summed E-state index contributed by atoms with van der Waals surface area (Å²) in [7, 11) is 0. The molecule has 0 fully saturated rings. The van der Waals surface area contributed by atoms with E-state index in [4.69, 9.17) is 0 Å². The molecule has 0 aromatic carbocycles. The summed E-state index contributed by atoms with van der Waals surface area (Å²) >= 11 is 0. The Morgan fingerprint density at radius 2 is 1.08 bits per heavy atom. The average Bonchev–Trinajstić information content (AvgIpc) is 2.27. The number of nitrogens with one attached hydrogen (secondary N) is 1. The van der Waals surface area contributed by atoms with Gasteiger partial charge in [-0.1, -0.05) is 41.5 Å². The molecule has 0 aliphatic heterocycles. The molecule has 0 radical (unpaired) electrons. The van der Waals surface area contributed by atoms with E-state index in [2.05, 4.69) is 57.0 Å². The highest BCUT2D eigenvalue weighted by Gasteiger charge is 2.28. The van der Waals surface area contributed by atoms with Crippen molar-refractivity contribution in [3.63, 3.8) is 0 Å². The van der Waals surface area contributed by atoms with Crippen LogP contribution >= 0.6 is 0 Å². The van der Waals surface area contributed by atoms with Crippen LogP contribution in [-0.4, -0.2) is 15.4 Å². The third-order valence-corrected chi connectivity index (χ3v) is 1.97. The van der Waals surface area contributed by atoms with Gasteiger partial charge in [-0.3, -0.25) is 0 Å². The van der Waals surface area contributed by atoms with E-state index in [0.717, 1.165) is 11.4 Å². The van der Waals surface area contributed by atoms with Crippen LogP contribution in [-0.2, 0) is 10.8 Å². The Morgan fingerprint density at radius 3 is 1.31 bits per heavy atom. The van der Waals surface area contributed by atoms with Crippen LogP contribution in [0.5, 0.6) is 0 Å². The van der Waals surface area contributed by atoms with Gasteiger partial charge in [0.05, 0.1) is 11.4 Å². The third kappa shape index (κ3) is 2.08. The van der Waals surface area contributed by atoms with E-state index in [9.17, 15) is 0 Å². The number of rotatable bonds is 0. The van der Waals surface area contributed by atoms with Crippen LogP contribution in [0.25, 0.3) is 0 Å². The summed E-state index contributed by atoms with van der Waals surface area (Å²) in [6, 6.07) is 0. The number of hydrogen-bond donors (Lipinski definition) is 1. The summed E-state index contributed by atoms with van der Waals surface area (Å²) in [5.74, 6) is 0. The molecule has 3 nitrogen and oxygen atoms in total. The fourth-order valence-electron chi connectivity index (χ4n) is 1.28. The topological polar surface area (TPSA) is 41.6 Å². The molecule has 0 saturated carbocycles. The molecule has 74 valence electrons. The highest BCUT2D eigenvalue weighted by molar-refractivity contribution is 5.23. The molecule has 0 unspecified atom stereocenters. The predicted octanol–water partition coefficient (Wildman–Crippen LogP) is 2.40. The van der Waals surface area contributed by atoms with Crippen molar-refractivity contribution in [2.75, 3.05) is 0 Å². The molecule has 0 atom stereocenters. The fraction of sp³-hybridized carbons (Fsp3) is 0.800. The number of hydrogen-bond acceptors (Lipinski definition) is 2. The molecule has 0 spiro atoms. The van der Waals surface area contributed by atoms with Gasteiger partial charge in [0.15, 0.2) is 0 Å². The van der Waals surface area contributed by atoms with Crippen molar-refractivity contribution in [1.82, 2.24) is 15.4 Å². The molecular weight excluding hydrogens is 162 g/mol. The lowest BCUT2D eigenvalue weighted by molar-refractivity contribution is 0.512. The second-order valence-corrected chi connectivity index (χ2v) is 5.52. The van der Waals surface area contributed by atoms with Crippen molar-refractivity contribution in [3.05, 3.63) is 11.4 Å². The molecule has 13 heavy (non-hydrogen) atoms. The minimum Gasteiger partial charge on any atom is -0.197 e. The standard InChI is InChI=1S/C10H19N3/c1-9(2,3)7-8(10(4,5)6)12-13-11-7/h1-6H3,(H,11,12,13). The zero-order valence-corrected chi connectivity index (χ0v) is 9.39. The summed E-state index contributed by atoms with van der Waals surface area (Å²) in [6.45, 7) is 12.9. The maximum absolute atomic E-state index is 4.22. The maximum Gasteiger partial charge on any atom is 0.0915 e. The highest BCUT2D eigenvalue weighted by Crippen LogP contribution is 2.29. The smallest absolute Gasteiger partial charge is 0.0915 e. The van der Waals surface area contributed by atoms with Gasteiger partial charge in [-0.05, 0) is 0 Å². The number of aromatic nitrogens is 3. The first-order valence-corrected chi connectivity index (χ1v) is 4.64. The lowest BCUT2D eigenvalue weighted by atomic mass is 9.82. The second-order valence-electron chi connectivity index (χ2n) is 5.52. The SMILES string of the molecule is CC(C)(C)c1n[nH]nc1C(C)(C)C. The van der Waals surface area contributed by atoms with Crippen LogP contribution in [0.15, 0.2) is 0 Å². The van der Waals surface area contributed by atoms with Crippen molar-refractivity contribution >= 4 is 0 Å². The first-order chi connectivity index (χ1) is 5.73. The van der Waals surface area contributed by atoms with Crippen molar-refractivity contribution in [2.45, 2.75) is 52.4 Å². The Morgan fingerprint density at radius 1 is 0.769 bits per heavy atom. The Labute approximate surface area is 79.9 Å². The molecular formula is C10H19N3. The molecule has 1 aromatic rings. The van der Waals surface area contributed by atoms with Gasteiger partial charge in [-0.2, -0.15) is 15.4 Å². The molecule has 1 N–H and O–H groups in total. The normalized spacial score (nSPS) is 13.4. The number of H-pyrrole nitrogens is 1. The van der Waals surface area contributed by atoms with E-state index in [0.29, 0.717) is 0 Å². The van der Waals surface area contributed by atoms with Crippen LogP contribution < -0.4 is 0 Å². The van der Waals surface area contributed by atoms with Crippen LogP contribution in [0.4, 0.5) is 0 Å². The zero-order valence-electron chi connectivity index (χ0n) is 9.39. The number of nitrogens with zero attached hydrogens (tertiary/aromatic N) is 2. The fourth-order valence-corrected chi connectivity index (χ4v) is 1.28. The van der Waals surface area contributed by atoms with Gasteiger partial charge in [0, 0.05) is 10.8 Å². The lowest BCUT2D eigenvalue weighted by Crippen LogP contribution is -2.21. The minimum atomic E-state index is 0.0651. The van der Waals surface area contributed by atoms with E-state index in [1.165, 1.54) is 0 Å². The van der Waals surface area contributed by atoms with Gasteiger partial charge in [-0.25, -0.2) is 0 Å². The summed E-state index contributed by atoms with van der Waals surface area (Å²) in [5, 5.41) is 11.1. The van der Waals surface area contributed by atoms with Crippen molar-refractivity contribution in [1.29, 1.82) is 0 Å². The Hall–Kier alpha value is -0.860. The van der Waals surface area contributed by atoms with Gasteiger partial charge in [0.2, 0.25) is 0 Å². The molecule has 0 aliphatic rings. The summed E-state index contributed by atoms with van der Waals surface area (Å²) in [4.78, 5) is 0. The van der Waals surface area contributed by atoms with Crippen molar-refractivity contribution < 1.29 is 0 Å². The van der Waals surface area contributed by atoms with Crippen LogP contribution in [0.3, 0.4) is 0 Å². The quantitative estimate of drug-likeness (QED) is 0.667. The van der Waals surface area contributed by atoms with Crippen LogP contribution in [0.1, 0.15) is 52.9 Å². The monoisotopic (exact) mass is 181 g/mol. The van der Waals surface area contributed by atoms with Crippen LogP contribution in [0.2, 0.25) is 0 Å². The summed E-state index contributed by atoms with van der Waals surface area (Å²) in [5.41, 5.74) is 2.27. The molecule has 1 rings (SSSR count). The Balaban J connectivity index is 3.19. The van der Waals surface area contributed by atoms with E-state index in [-0.39, 0.29) is 10.8 Å². The third-order valence-electron chi connectivity index (χ3n) is 1.97. The highest BCUT2D eigenvalue weighted by atomic mass is 15.3. The lowest BCUT2D eigenvalue weighted by Gasteiger charge is -2.22. The molecule has 1 aromatic heterocycles. The predicted molar refractivity (Wildman–Crippen MR) is 53.8 cm³/mol. The van der Waals surface area contributed by atoms with E-state index in [1.807, 2.05) is 0 Å². The van der Waals surface area contributed by atoms with E-state index in [1.54, 1.807) is 0 Å². The molecule has 0 bridgehead atoms. The molecule has 0 aliphatic carbocycles. The second kappa shape index (κ2) is 2.82. The molecule has 0 amide bonds. The summed E-state index contributed by atoms with van der Waals surface area (Å²) in [6.07, 6.45) is 0. The summed E-state index contributed by atoms with van der Waals surface area (Å²) < 4.78 is 0. The van der Waals surface area contributed by atoms with E-state index < -0.39 is 0 Å². The zero-order chi connectivity index (χ0) is 10.3. The van der Waals surface area contributed by atoms with Crippen molar-refractivity contribution in [3.8, 4) is 0 Å². The first-order valence-electron chi connectivity index (χ1n) is 4.64. The molecule has 3 heteroatoms. The Kier molecular flexibility index (Phi) is 2.22. The molecule has 1 heterocycles. The van der Waals surface area contributed by atoms with E-state index >= 15 is 0 Å². The number of aromatic amines is 1. The van der Waals surface area contributed by atoms with Crippen LogP contribution in [0, 0.1) is 0 Å². The minimum absolute atomic E-state index is 0.0651. The largest absolute Gasteiger partial charge is 0.197 e.